The van der Waals surface area contributed by atoms with Crippen molar-refractivity contribution in [2.75, 3.05) is 0 Å². The fraction of sp³-hybridized carbons (Fsp3) is 0.333. The molecule has 1 aliphatic heterocycles. The van der Waals surface area contributed by atoms with Crippen LogP contribution in [-0.4, -0.2) is 19.6 Å². The van der Waals surface area contributed by atoms with Crippen LogP contribution in [0.4, 0.5) is 0 Å². The van der Waals surface area contributed by atoms with Crippen LogP contribution in [0, 0.1) is 0 Å². The standard InChI is InChI=1S/C12H14O3S/c1-8(13)6-10-4-3-5-12-11(10)7-9(2)16(12,14)15/h3-5,7-8,13H,6H2,1-2H3. The Hall–Kier alpha value is -1.13. The first-order chi connectivity index (χ1) is 7.43. The van der Waals surface area contributed by atoms with Crippen LogP contribution in [0.1, 0.15) is 25.0 Å². The molecule has 0 amide bonds. The smallest absolute Gasteiger partial charge is 0.203 e. The van der Waals surface area contributed by atoms with Crippen molar-refractivity contribution in [3.05, 3.63) is 34.2 Å². The van der Waals surface area contributed by atoms with Crippen LogP contribution < -0.4 is 0 Å². The number of allylic oxidation sites excluding steroid dienone is 1. The van der Waals surface area contributed by atoms with Gasteiger partial charge in [-0.1, -0.05) is 12.1 Å². The van der Waals surface area contributed by atoms with E-state index in [4.69, 9.17) is 0 Å². The Morgan fingerprint density at radius 1 is 1.38 bits per heavy atom. The number of rotatable bonds is 2. The zero-order valence-corrected chi connectivity index (χ0v) is 10.1. The fourth-order valence-corrected chi connectivity index (χ4v) is 3.30. The summed E-state index contributed by atoms with van der Waals surface area (Å²) < 4.78 is 23.8. The van der Waals surface area contributed by atoms with E-state index >= 15 is 0 Å². The Kier molecular flexibility index (Phi) is 2.64. The average Bonchev–Trinajstić information content (AvgIpc) is 2.40. The average molecular weight is 238 g/mol. The van der Waals surface area contributed by atoms with Gasteiger partial charge < -0.3 is 5.11 Å². The number of sulfone groups is 1. The zero-order valence-electron chi connectivity index (χ0n) is 9.27. The molecular formula is C12H14O3S. The minimum Gasteiger partial charge on any atom is -0.393 e. The monoisotopic (exact) mass is 238 g/mol. The van der Waals surface area contributed by atoms with E-state index in [0.717, 1.165) is 11.1 Å². The summed E-state index contributed by atoms with van der Waals surface area (Å²) in [6.07, 6.45) is 1.69. The SMILES string of the molecule is CC1=Cc2c(CC(C)O)cccc2S1(=O)=O. The van der Waals surface area contributed by atoms with Crippen molar-refractivity contribution < 1.29 is 13.5 Å². The highest BCUT2D eigenvalue weighted by Gasteiger charge is 2.27. The van der Waals surface area contributed by atoms with Crippen LogP contribution in [0.3, 0.4) is 0 Å². The second-order valence-electron chi connectivity index (χ2n) is 4.14. The zero-order chi connectivity index (χ0) is 11.9. The normalized spacial score (nSPS) is 19.1. The van der Waals surface area contributed by atoms with Crippen LogP contribution in [0.25, 0.3) is 6.08 Å². The van der Waals surface area contributed by atoms with Gasteiger partial charge in [-0.05, 0) is 43.5 Å². The van der Waals surface area contributed by atoms with Crippen LogP contribution in [0.15, 0.2) is 28.0 Å². The van der Waals surface area contributed by atoms with Crippen molar-refractivity contribution in [2.24, 2.45) is 0 Å². The minimum absolute atomic E-state index is 0.364. The Labute approximate surface area is 95.3 Å². The maximum absolute atomic E-state index is 11.9. The lowest BCUT2D eigenvalue weighted by atomic mass is 10.0. The van der Waals surface area contributed by atoms with Gasteiger partial charge in [0.1, 0.15) is 0 Å². The van der Waals surface area contributed by atoms with E-state index in [9.17, 15) is 13.5 Å². The Morgan fingerprint density at radius 2 is 2.06 bits per heavy atom. The molecule has 86 valence electrons. The molecule has 1 heterocycles. The molecular weight excluding hydrogens is 224 g/mol. The summed E-state index contributed by atoms with van der Waals surface area (Å²) in [6.45, 7) is 3.29. The third kappa shape index (κ3) is 1.68. The van der Waals surface area contributed by atoms with E-state index in [1.54, 1.807) is 32.1 Å². The summed E-state index contributed by atoms with van der Waals surface area (Å²) >= 11 is 0. The van der Waals surface area contributed by atoms with Crippen molar-refractivity contribution in [2.45, 2.75) is 31.3 Å². The lowest BCUT2D eigenvalue weighted by Gasteiger charge is -2.08. The highest BCUT2D eigenvalue weighted by Crippen LogP contribution is 2.34. The van der Waals surface area contributed by atoms with Gasteiger partial charge in [-0.25, -0.2) is 8.42 Å². The molecule has 1 aromatic rings. The van der Waals surface area contributed by atoms with Gasteiger partial charge in [0.25, 0.3) is 0 Å². The molecule has 0 saturated carbocycles. The largest absolute Gasteiger partial charge is 0.393 e. The molecule has 1 atom stereocenters. The van der Waals surface area contributed by atoms with Crippen LogP contribution in [0.5, 0.6) is 0 Å². The number of aliphatic hydroxyl groups is 1. The summed E-state index contributed by atoms with van der Waals surface area (Å²) in [5.74, 6) is 0. The van der Waals surface area contributed by atoms with Gasteiger partial charge in [0.2, 0.25) is 9.84 Å². The number of aliphatic hydroxyl groups excluding tert-OH is 1. The molecule has 0 radical (unpaired) electrons. The van der Waals surface area contributed by atoms with E-state index in [1.807, 2.05) is 6.07 Å². The summed E-state index contributed by atoms with van der Waals surface area (Å²) in [7, 11) is -3.26. The molecule has 1 aliphatic rings. The van der Waals surface area contributed by atoms with Crippen LogP contribution in [-0.2, 0) is 16.3 Å². The highest BCUT2D eigenvalue weighted by molar-refractivity contribution is 7.95. The third-order valence-electron chi connectivity index (χ3n) is 2.73. The molecule has 0 spiro atoms. The van der Waals surface area contributed by atoms with Gasteiger partial charge in [0, 0.05) is 4.91 Å². The highest BCUT2D eigenvalue weighted by atomic mass is 32.2. The second-order valence-corrected chi connectivity index (χ2v) is 6.23. The maximum Gasteiger partial charge on any atom is 0.203 e. The first kappa shape index (κ1) is 11.4. The molecule has 16 heavy (non-hydrogen) atoms. The summed E-state index contributed by atoms with van der Waals surface area (Å²) in [5, 5.41) is 9.36. The van der Waals surface area contributed by atoms with Gasteiger partial charge in [-0.3, -0.25) is 0 Å². The van der Waals surface area contributed by atoms with Crippen LogP contribution >= 0.6 is 0 Å². The number of hydrogen-bond donors (Lipinski definition) is 1. The summed E-state index contributed by atoms with van der Waals surface area (Å²) in [6, 6.07) is 5.19. The van der Waals surface area contributed by atoms with Gasteiger partial charge in [-0.15, -0.1) is 0 Å². The predicted octanol–water partition coefficient (Wildman–Crippen LogP) is 1.76. The van der Waals surface area contributed by atoms with E-state index in [2.05, 4.69) is 0 Å². The quantitative estimate of drug-likeness (QED) is 0.854. The first-order valence-corrected chi connectivity index (χ1v) is 6.64. The Balaban J connectivity index is 2.60. The molecule has 0 aliphatic carbocycles. The first-order valence-electron chi connectivity index (χ1n) is 5.16. The summed E-state index contributed by atoms with van der Waals surface area (Å²) in [5.41, 5.74) is 1.62. The maximum atomic E-state index is 11.9. The van der Waals surface area contributed by atoms with E-state index in [-0.39, 0.29) is 0 Å². The van der Waals surface area contributed by atoms with Gasteiger partial charge in [0.15, 0.2) is 0 Å². The molecule has 1 aromatic carbocycles. The lowest BCUT2D eigenvalue weighted by Crippen LogP contribution is -2.06. The molecule has 4 heteroatoms. The van der Waals surface area contributed by atoms with Crippen molar-refractivity contribution in [3.8, 4) is 0 Å². The minimum atomic E-state index is -3.26. The van der Waals surface area contributed by atoms with Gasteiger partial charge in [-0.2, -0.15) is 0 Å². The van der Waals surface area contributed by atoms with Crippen molar-refractivity contribution in [1.29, 1.82) is 0 Å². The molecule has 2 rings (SSSR count). The van der Waals surface area contributed by atoms with Crippen molar-refractivity contribution in [1.82, 2.24) is 0 Å². The fourth-order valence-electron chi connectivity index (χ4n) is 1.94. The molecule has 3 nitrogen and oxygen atoms in total. The molecule has 0 fully saturated rings. The van der Waals surface area contributed by atoms with Crippen LogP contribution in [0.2, 0.25) is 0 Å². The predicted molar refractivity (Wildman–Crippen MR) is 62.7 cm³/mol. The van der Waals surface area contributed by atoms with E-state index in [0.29, 0.717) is 16.2 Å². The Bertz CT molecular complexity index is 554. The molecule has 1 N–H and O–H groups in total. The number of benzene rings is 1. The number of hydrogen-bond acceptors (Lipinski definition) is 3. The topological polar surface area (TPSA) is 54.4 Å². The number of fused-ring (bicyclic) bond motifs is 1. The van der Waals surface area contributed by atoms with Gasteiger partial charge >= 0.3 is 0 Å². The van der Waals surface area contributed by atoms with Crippen molar-refractivity contribution in [3.63, 3.8) is 0 Å². The third-order valence-corrected chi connectivity index (χ3v) is 4.63. The molecule has 0 aromatic heterocycles. The van der Waals surface area contributed by atoms with Crippen molar-refractivity contribution >= 4 is 15.9 Å². The lowest BCUT2D eigenvalue weighted by molar-refractivity contribution is 0.195. The van der Waals surface area contributed by atoms with E-state index in [1.165, 1.54) is 0 Å². The van der Waals surface area contributed by atoms with Gasteiger partial charge in [0.05, 0.1) is 11.0 Å². The Morgan fingerprint density at radius 3 is 2.69 bits per heavy atom. The second kappa shape index (κ2) is 3.71. The molecule has 1 unspecified atom stereocenters. The van der Waals surface area contributed by atoms with E-state index < -0.39 is 15.9 Å². The molecule has 0 bridgehead atoms. The molecule has 0 saturated heterocycles. The summed E-state index contributed by atoms with van der Waals surface area (Å²) in [4.78, 5) is 0.740.